The zero-order valence-corrected chi connectivity index (χ0v) is 16.8. The molecule has 1 aliphatic heterocycles. The fourth-order valence-corrected chi connectivity index (χ4v) is 3.74. The molecule has 0 radical (unpaired) electrons. The molecule has 1 heterocycles. The summed E-state index contributed by atoms with van der Waals surface area (Å²) in [6.45, 7) is 7.52. The van der Waals surface area contributed by atoms with Gasteiger partial charge in [-0.05, 0) is 44.0 Å². The molecular weight excluding hydrogens is 358 g/mol. The Kier molecular flexibility index (Phi) is 6.45. The number of piperidine rings is 1. The van der Waals surface area contributed by atoms with Crippen LogP contribution in [0.1, 0.15) is 37.8 Å². The molecule has 1 fully saturated rings. The van der Waals surface area contributed by atoms with Gasteiger partial charge in [0.1, 0.15) is 11.6 Å². The normalized spacial score (nSPS) is 15.8. The quantitative estimate of drug-likeness (QED) is 0.728. The zero-order valence-electron chi connectivity index (χ0n) is 16.8. The van der Waals surface area contributed by atoms with Gasteiger partial charge in [-0.1, -0.05) is 37.6 Å². The van der Waals surface area contributed by atoms with Gasteiger partial charge < -0.3 is 4.90 Å². The van der Waals surface area contributed by atoms with E-state index in [2.05, 4.69) is 4.90 Å². The van der Waals surface area contributed by atoms with Crippen LogP contribution in [-0.2, 0) is 11.3 Å². The van der Waals surface area contributed by atoms with Gasteiger partial charge in [0.15, 0.2) is 0 Å². The fourth-order valence-electron chi connectivity index (χ4n) is 3.74. The minimum atomic E-state index is -0.501. The lowest BCUT2D eigenvalue weighted by molar-refractivity contribution is -0.122. The lowest BCUT2D eigenvalue weighted by Gasteiger charge is -2.39. The summed E-state index contributed by atoms with van der Waals surface area (Å²) in [6, 6.07) is 12.1. The van der Waals surface area contributed by atoms with Crippen LogP contribution in [0.25, 0.3) is 0 Å². The Balaban J connectivity index is 1.71. The molecular formula is C23H28F2N2O. The number of likely N-dealkylation sites (tertiary alicyclic amines) is 1. The van der Waals surface area contributed by atoms with Gasteiger partial charge in [-0.15, -0.1) is 0 Å². The monoisotopic (exact) mass is 386 g/mol. The maximum absolute atomic E-state index is 13.9. The summed E-state index contributed by atoms with van der Waals surface area (Å²) in [7, 11) is 0. The van der Waals surface area contributed by atoms with Crippen LogP contribution in [0.5, 0.6) is 0 Å². The second-order valence-corrected chi connectivity index (χ2v) is 7.91. The number of halogens is 2. The van der Waals surface area contributed by atoms with Gasteiger partial charge >= 0.3 is 0 Å². The number of anilines is 1. The van der Waals surface area contributed by atoms with Crippen molar-refractivity contribution in [1.29, 1.82) is 0 Å². The smallest absolute Gasteiger partial charge is 0.229 e. The van der Waals surface area contributed by atoms with Crippen molar-refractivity contribution < 1.29 is 13.6 Å². The van der Waals surface area contributed by atoms with Crippen molar-refractivity contribution in [2.75, 3.05) is 18.0 Å². The van der Waals surface area contributed by atoms with Crippen LogP contribution in [0, 0.1) is 24.5 Å². The van der Waals surface area contributed by atoms with Gasteiger partial charge in [-0.3, -0.25) is 9.69 Å². The third-order valence-electron chi connectivity index (χ3n) is 5.41. The highest BCUT2D eigenvalue weighted by Crippen LogP contribution is 2.27. The molecule has 0 N–H and O–H groups in total. The number of aryl methyl sites for hydroxylation is 1. The van der Waals surface area contributed by atoms with Crippen molar-refractivity contribution in [3.8, 4) is 0 Å². The van der Waals surface area contributed by atoms with Crippen LogP contribution in [0.2, 0.25) is 0 Å². The van der Waals surface area contributed by atoms with E-state index in [9.17, 15) is 13.6 Å². The lowest BCUT2D eigenvalue weighted by atomic mass is 9.99. The summed E-state index contributed by atoms with van der Waals surface area (Å²) in [4.78, 5) is 16.9. The number of benzene rings is 2. The largest absolute Gasteiger partial charge is 0.309 e. The lowest BCUT2D eigenvalue weighted by Crippen LogP contribution is -2.48. The SMILES string of the molecule is Cc1ccc(N(C(=O)C(C)C)C2CCN(Cc3c(F)cccc3F)CC2)cc1. The Morgan fingerprint density at radius 3 is 2.18 bits per heavy atom. The van der Waals surface area contributed by atoms with E-state index in [0.717, 1.165) is 24.1 Å². The molecule has 0 saturated carbocycles. The van der Waals surface area contributed by atoms with Gasteiger partial charge in [-0.25, -0.2) is 8.78 Å². The number of amides is 1. The van der Waals surface area contributed by atoms with Gasteiger partial charge in [0.2, 0.25) is 5.91 Å². The number of carbonyl (C=O) groups is 1. The van der Waals surface area contributed by atoms with Gasteiger partial charge in [0.05, 0.1) is 0 Å². The van der Waals surface area contributed by atoms with Crippen molar-refractivity contribution in [3.63, 3.8) is 0 Å². The van der Waals surface area contributed by atoms with Crippen molar-refractivity contribution in [1.82, 2.24) is 4.90 Å². The van der Waals surface area contributed by atoms with E-state index in [1.54, 1.807) is 0 Å². The van der Waals surface area contributed by atoms with Crippen LogP contribution >= 0.6 is 0 Å². The Morgan fingerprint density at radius 2 is 1.64 bits per heavy atom. The van der Waals surface area contributed by atoms with Crippen molar-refractivity contribution in [3.05, 3.63) is 65.2 Å². The summed E-state index contributed by atoms with van der Waals surface area (Å²) >= 11 is 0. The number of nitrogens with zero attached hydrogens (tertiary/aromatic N) is 2. The van der Waals surface area contributed by atoms with Crippen LogP contribution in [-0.4, -0.2) is 29.9 Å². The van der Waals surface area contributed by atoms with Crippen LogP contribution in [0.4, 0.5) is 14.5 Å². The minimum absolute atomic E-state index is 0.0909. The van der Waals surface area contributed by atoms with Gasteiger partial charge in [0.25, 0.3) is 0 Å². The fraction of sp³-hybridized carbons (Fsp3) is 0.435. The second-order valence-electron chi connectivity index (χ2n) is 7.91. The molecule has 0 unspecified atom stereocenters. The first-order chi connectivity index (χ1) is 13.4. The van der Waals surface area contributed by atoms with Crippen molar-refractivity contribution in [2.45, 2.75) is 46.2 Å². The molecule has 2 aromatic carbocycles. The van der Waals surface area contributed by atoms with E-state index in [1.807, 2.05) is 49.9 Å². The molecule has 0 spiro atoms. The summed E-state index contributed by atoms with van der Waals surface area (Å²) in [5, 5.41) is 0. The molecule has 0 bridgehead atoms. The minimum Gasteiger partial charge on any atom is -0.309 e. The summed E-state index contributed by atoms with van der Waals surface area (Å²) in [5.41, 5.74) is 2.19. The Morgan fingerprint density at radius 1 is 1.07 bits per heavy atom. The van der Waals surface area contributed by atoms with Gasteiger partial charge in [0, 0.05) is 42.8 Å². The number of hydrogen-bond donors (Lipinski definition) is 0. The topological polar surface area (TPSA) is 23.6 Å². The number of rotatable bonds is 5. The standard InChI is InChI=1S/C23H28F2N2O/c1-16(2)23(28)27(18-9-7-17(3)8-10-18)19-11-13-26(14-12-19)15-20-21(24)5-4-6-22(20)25/h4-10,16,19H,11-15H2,1-3H3. The highest BCUT2D eigenvalue weighted by atomic mass is 19.1. The Hall–Kier alpha value is -2.27. The molecule has 28 heavy (non-hydrogen) atoms. The zero-order chi connectivity index (χ0) is 20.3. The number of carbonyl (C=O) groups excluding carboxylic acids is 1. The molecule has 1 aliphatic rings. The van der Waals surface area contributed by atoms with E-state index in [4.69, 9.17) is 0 Å². The Labute approximate surface area is 166 Å². The molecule has 3 rings (SSSR count). The average molecular weight is 386 g/mol. The molecule has 150 valence electrons. The van der Waals surface area contributed by atoms with Crippen molar-refractivity contribution >= 4 is 11.6 Å². The molecule has 0 atom stereocenters. The summed E-state index contributed by atoms with van der Waals surface area (Å²) < 4.78 is 27.9. The Bertz CT molecular complexity index is 792. The molecule has 1 amide bonds. The third kappa shape index (κ3) is 4.58. The molecule has 2 aromatic rings. The number of hydrogen-bond acceptors (Lipinski definition) is 2. The third-order valence-corrected chi connectivity index (χ3v) is 5.41. The van der Waals surface area contributed by atoms with E-state index in [0.29, 0.717) is 13.1 Å². The first-order valence-corrected chi connectivity index (χ1v) is 9.91. The summed E-state index contributed by atoms with van der Waals surface area (Å²) in [6.07, 6.45) is 1.56. The second kappa shape index (κ2) is 8.82. The predicted molar refractivity (Wildman–Crippen MR) is 108 cm³/mol. The predicted octanol–water partition coefficient (Wildman–Crippen LogP) is 4.93. The highest BCUT2D eigenvalue weighted by Gasteiger charge is 2.30. The molecule has 3 nitrogen and oxygen atoms in total. The average Bonchev–Trinajstić information content (AvgIpc) is 2.67. The first kappa shape index (κ1) is 20.5. The van der Waals surface area contributed by atoms with E-state index in [1.165, 1.54) is 18.2 Å². The first-order valence-electron chi connectivity index (χ1n) is 9.91. The highest BCUT2D eigenvalue weighted by molar-refractivity contribution is 5.95. The molecule has 5 heteroatoms. The van der Waals surface area contributed by atoms with E-state index < -0.39 is 11.6 Å². The van der Waals surface area contributed by atoms with Crippen molar-refractivity contribution in [2.24, 2.45) is 5.92 Å². The van der Waals surface area contributed by atoms with E-state index >= 15 is 0 Å². The molecule has 0 aliphatic carbocycles. The van der Waals surface area contributed by atoms with E-state index in [-0.39, 0.29) is 30.0 Å². The summed E-state index contributed by atoms with van der Waals surface area (Å²) in [5.74, 6) is -0.980. The van der Waals surface area contributed by atoms with Crippen LogP contribution < -0.4 is 4.90 Å². The maximum atomic E-state index is 13.9. The molecule has 0 aromatic heterocycles. The van der Waals surface area contributed by atoms with Gasteiger partial charge in [-0.2, -0.15) is 0 Å². The molecule has 1 saturated heterocycles. The van der Waals surface area contributed by atoms with Crippen LogP contribution in [0.15, 0.2) is 42.5 Å². The van der Waals surface area contributed by atoms with Crippen LogP contribution in [0.3, 0.4) is 0 Å². The maximum Gasteiger partial charge on any atom is 0.229 e.